The Labute approximate surface area is 110 Å². The van der Waals surface area contributed by atoms with E-state index in [-0.39, 0.29) is 11.5 Å². The molecule has 0 saturated heterocycles. The van der Waals surface area contributed by atoms with Gasteiger partial charge in [0.25, 0.3) is 0 Å². The minimum Gasteiger partial charge on any atom is -0.496 e. The quantitative estimate of drug-likeness (QED) is 0.682. The second kappa shape index (κ2) is 5.10. The average Bonchev–Trinajstić information content (AvgIpc) is 2.41. The molecular weight excluding hydrogens is 250 g/mol. The first-order valence-corrected chi connectivity index (χ1v) is 5.74. The molecule has 0 amide bonds. The number of nitrogens with two attached hydrogens (primary N) is 1. The number of benzene rings is 2. The van der Waals surface area contributed by atoms with E-state index in [9.17, 15) is 4.79 Å². The Hall–Kier alpha value is -2.00. The number of ether oxygens (including phenoxy) is 1. The Bertz CT molecular complexity index is 596. The zero-order valence-electron chi connectivity index (χ0n) is 9.81. The molecule has 0 atom stereocenters. The van der Waals surface area contributed by atoms with Crippen molar-refractivity contribution in [2.45, 2.75) is 0 Å². The fourth-order valence-electron chi connectivity index (χ4n) is 1.71. The zero-order valence-corrected chi connectivity index (χ0v) is 10.6. The second-order valence-corrected chi connectivity index (χ2v) is 4.14. The number of anilines is 1. The van der Waals surface area contributed by atoms with Gasteiger partial charge in [0.15, 0.2) is 5.78 Å². The highest BCUT2D eigenvalue weighted by molar-refractivity contribution is 6.34. The highest BCUT2D eigenvalue weighted by Gasteiger charge is 2.17. The van der Waals surface area contributed by atoms with E-state index >= 15 is 0 Å². The second-order valence-electron chi connectivity index (χ2n) is 3.73. The summed E-state index contributed by atoms with van der Waals surface area (Å²) in [5, 5.41) is 0.371. The van der Waals surface area contributed by atoms with Gasteiger partial charge in [0.1, 0.15) is 5.75 Å². The van der Waals surface area contributed by atoms with Crippen molar-refractivity contribution in [1.82, 2.24) is 0 Å². The summed E-state index contributed by atoms with van der Waals surface area (Å²) in [4.78, 5) is 12.4. The first-order valence-electron chi connectivity index (χ1n) is 5.37. The van der Waals surface area contributed by atoms with Gasteiger partial charge < -0.3 is 10.5 Å². The molecule has 4 heteroatoms. The SMILES string of the molecule is COc1ccccc1C(=O)c1cccc(Cl)c1N. The third-order valence-electron chi connectivity index (χ3n) is 2.65. The van der Waals surface area contributed by atoms with Crippen molar-refractivity contribution >= 4 is 23.1 Å². The minimum absolute atomic E-state index is 0.201. The van der Waals surface area contributed by atoms with E-state index in [1.807, 2.05) is 0 Å². The monoisotopic (exact) mass is 261 g/mol. The molecule has 0 aliphatic carbocycles. The summed E-state index contributed by atoms with van der Waals surface area (Å²) in [5.74, 6) is 0.314. The Morgan fingerprint density at radius 1 is 1.11 bits per heavy atom. The molecule has 0 unspecified atom stereocenters. The molecule has 18 heavy (non-hydrogen) atoms. The maximum Gasteiger partial charge on any atom is 0.198 e. The molecule has 2 aromatic carbocycles. The molecule has 0 heterocycles. The van der Waals surface area contributed by atoms with Crippen LogP contribution in [0, 0.1) is 0 Å². The number of hydrogen-bond acceptors (Lipinski definition) is 3. The third kappa shape index (κ3) is 2.17. The summed E-state index contributed by atoms with van der Waals surface area (Å²) in [6, 6.07) is 12.0. The molecule has 0 aliphatic heterocycles. The van der Waals surface area contributed by atoms with E-state index in [1.54, 1.807) is 42.5 Å². The number of para-hydroxylation sites is 2. The number of rotatable bonds is 3. The number of nitrogen functional groups attached to an aromatic ring is 1. The molecule has 92 valence electrons. The maximum absolute atomic E-state index is 12.4. The van der Waals surface area contributed by atoms with Crippen LogP contribution in [0.1, 0.15) is 15.9 Å². The summed E-state index contributed by atoms with van der Waals surface area (Å²) in [6.45, 7) is 0. The first-order chi connectivity index (χ1) is 8.65. The van der Waals surface area contributed by atoms with E-state index in [1.165, 1.54) is 7.11 Å². The predicted octanol–water partition coefficient (Wildman–Crippen LogP) is 3.16. The smallest absolute Gasteiger partial charge is 0.198 e. The number of halogens is 1. The predicted molar refractivity (Wildman–Crippen MR) is 72.3 cm³/mol. The van der Waals surface area contributed by atoms with E-state index in [0.717, 1.165) is 0 Å². The van der Waals surface area contributed by atoms with Gasteiger partial charge in [0.2, 0.25) is 0 Å². The van der Waals surface area contributed by atoms with E-state index in [2.05, 4.69) is 0 Å². The van der Waals surface area contributed by atoms with Crippen LogP contribution in [-0.4, -0.2) is 12.9 Å². The van der Waals surface area contributed by atoms with Crippen molar-refractivity contribution in [2.75, 3.05) is 12.8 Å². The molecule has 3 nitrogen and oxygen atoms in total. The third-order valence-corrected chi connectivity index (χ3v) is 2.98. The molecule has 0 saturated carbocycles. The van der Waals surface area contributed by atoms with Gasteiger partial charge in [0, 0.05) is 5.56 Å². The molecule has 0 radical (unpaired) electrons. The largest absolute Gasteiger partial charge is 0.496 e. The molecule has 0 bridgehead atoms. The lowest BCUT2D eigenvalue weighted by molar-refractivity contribution is 0.103. The first kappa shape index (κ1) is 12.5. The Kier molecular flexibility index (Phi) is 3.53. The van der Waals surface area contributed by atoms with Crippen LogP contribution in [0.4, 0.5) is 5.69 Å². The fraction of sp³-hybridized carbons (Fsp3) is 0.0714. The summed E-state index contributed by atoms with van der Waals surface area (Å²) in [7, 11) is 1.52. The summed E-state index contributed by atoms with van der Waals surface area (Å²) in [5.41, 5.74) is 6.95. The van der Waals surface area contributed by atoms with Gasteiger partial charge >= 0.3 is 0 Å². The van der Waals surface area contributed by atoms with E-state index in [0.29, 0.717) is 21.9 Å². The maximum atomic E-state index is 12.4. The van der Waals surface area contributed by atoms with Crippen LogP contribution in [0.3, 0.4) is 0 Å². The molecule has 0 fully saturated rings. The number of methoxy groups -OCH3 is 1. The lowest BCUT2D eigenvalue weighted by Crippen LogP contribution is -2.07. The highest BCUT2D eigenvalue weighted by atomic mass is 35.5. The van der Waals surface area contributed by atoms with Crippen molar-refractivity contribution in [3.8, 4) is 5.75 Å². The molecule has 0 spiro atoms. The van der Waals surface area contributed by atoms with Crippen LogP contribution in [0.15, 0.2) is 42.5 Å². The molecule has 2 rings (SSSR count). The van der Waals surface area contributed by atoms with Crippen molar-refractivity contribution in [1.29, 1.82) is 0 Å². The van der Waals surface area contributed by atoms with E-state index < -0.39 is 0 Å². The van der Waals surface area contributed by atoms with Gasteiger partial charge in [-0.05, 0) is 24.3 Å². The van der Waals surface area contributed by atoms with Gasteiger partial charge in [-0.25, -0.2) is 0 Å². The van der Waals surface area contributed by atoms with E-state index in [4.69, 9.17) is 22.1 Å². The van der Waals surface area contributed by atoms with Crippen LogP contribution in [0.2, 0.25) is 5.02 Å². The Morgan fingerprint density at radius 2 is 1.78 bits per heavy atom. The number of hydrogen-bond donors (Lipinski definition) is 1. The fourth-order valence-corrected chi connectivity index (χ4v) is 1.89. The zero-order chi connectivity index (χ0) is 13.1. The van der Waals surface area contributed by atoms with Crippen molar-refractivity contribution in [2.24, 2.45) is 0 Å². The topological polar surface area (TPSA) is 52.3 Å². The van der Waals surface area contributed by atoms with Gasteiger partial charge in [-0.15, -0.1) is 0 Å². The van der Waals surface area contributed by atoms with Crippen molar-refractivity contribution < 1.29 is 9.53 Å². The number of ketones is 1. The lowest BCUT2D eigenvalue weighted by atomic mass is 10.0. The van der Waals surface area contributed by atoms with Crippen LogP contribution in [-0.2, 0) is 0 Å². The summed E-state index contributed by atoms with van der Waals surface area (Å²) in [6.07, 6.45) is 0. The van der Waals surface area contributed by atoms with Gasteiger partial charge in [-0.1, -0.05) is 29.8 Å². The average molecular weight is 262 g/mol. The lowest BCUT2D eigenvalue weighted by Gasteiger charge is -2.09. The number of carbonyl (C=O) groups is 1. The van der Waals surface area contributed by atoms with Crippen molar-refractivity contribution in [3.05, 3.63) is 58.6 Å². The molecule has 0 aliphatic rings. The van der Waals surface area contributed by atoms with Crippen LogP contribution >= 0.6 is 11.6 Å². The van der Waals surface area contributed by atoms with Gasteiger partial charge in [-0.3, -0.25) is 4.79 Å². The highest BCUT2D eigenvalue weighted by Crippen LogP contribution is 2.27. The van der Waals surface area contributed by atoms with Gasteiger partial charge in [-0.2, -0.15) is 0 Å². The number of carbonyl (C=O) groups excluding carboxylic acids is 1. The Morgan fingerprint density at radius 3 is 2.50 bits per heavy atom. The van der Waals surface area contributed by atoms with Crippen molar-refractivity contribution in [3.63, 3.8) is 0 Å². The summed E-state index contributed by atoms with van der Waals surface area (Å²) < 4.78 is 5.16. The van der Waals surface area contributed by atoms with Crippen LogP contribution < -0.4 is 10.5 Å². The molecule has 2 aromatic rings. The Balaban J connectivity index is 2.52. The van der Waals surface area contributed by atoms with Gasteiger partial charge in [0.05, 0.1) is 23.4 Å². The normalized spacial score (nSPS) is 10.1. The standard InChI is InChI=1S/C14H12ClNO2/c1-18-12-8-3-2-5-9(12)14(17)10-6-4-7-11(15)13(10)16/h2-8H,16H2,1H3. The van der Waals surface area contributed by atoms with Crippen LogP contribution in [0.25, 0.3) is 0 Å². The molecule has 0 aromatic heterocycles. The summed E-state index contributed by atoms with van der Waals surface area (Å²) >= 11 is 5.91. The molecule has 2 N–H and O–H groups in total. The van der Waals surface area contributed by atoms with Crippen LogP contribution in [0.5, 0.6) is 5.75 Å². The minimum atomic E-state index is -0.201. The molecular formula is C14H12ClNO2.